The Morgan fingerprint density at radius 2 is 0.517 bits per heavy atom. The fourth-order valence-corrected chi connectivity index (χ4v) is 14.7. The first-order chi connectivity index (χ1) is 42.0. The number of unbranched alkanes of at least 4 members (excludes halogenated alkanes) is 18. The number of fused-ring (bicyclic) bond motifs is 4. The minimum Gasteiger partial charge on any atom is -0.274 e. The van der Waals surface area contributed by atoms with Gasteiger partial charge in [0.1, 0.15) is 0 Å². The van der Waals surface area contributed by atoms with Crippen molar-refractivity contribution in [2.45, 2.75) is 168 Å². The molecule has 4 aliphatic heterocycles. The van der Waals surface area contributed by atoms with Gasteiger partial charge in [-0.05, 0) is 127 Å². The van der Waals surface area contributed by atoms with Crippen LogP contribution in [-0.2, 0) is 26.1 Å². The third-order valence-corrected chi connectivity index (χ3v) is 20.6. The quantitative estimate of drug-likeness (QED) is 0.0304. The molecule has 0 bridgehead atoms. The van der Waals surface area contributed by atoms with E-state index in [1.54, 1.807) is 48.5 Å². The molecule has 10 rings (SSSR count). The number of sulfone groups is 2. The van der Waals surface area contributed by atoms with Gasteiger partial charge in [0.05, 0.1) is 75.5 Å². The van der Waals surface area contributed by atoms with Gasteiger partial charge in [-0.25, -0.2) is 26.6 Å². The molecule has 0 N–H and O–H groups in total. The first-order valence-corrected chi connectivity index (χ1v) is 33.7. The minimum atomic E-state index is -4.32. The van der Waals surface area contributed by atoms with E-state index in [1.807, 2.05) is 0 Å². The van der Waals surface area contributed by atoms with Crippen LogP contribution >= 0.6 is 0 Å². The maximum absolute atomic E-state index is 14.1. The smallest absolute Gasteiger partial charge is 0.266 e. The predicted molar refractivity (Wildman–Crippen MR) is 329 cm³/mol. The molecule has 87 heavy (non-hydrogen) atoms. The average molecular weight is 1210 g/mol. The van der Waals surface area contributed by atoms with E-state index in [0.717, 1.165) is 84.4 Å². The van der Waals surface area contributed by atoms with Gasteiger partial charge in [-0.2, -0.15) is 0 Å². The van der Waals surface area contributed by atoms with Crippen molar-refractivity contribution in [3.8, 4) is 0 Å². The summed E-state index contributed by atoms with van der Waals surface area (Å²) in [5, 5.41) is 0. The molecule has 0 unspecified atom stereocenters. The van der Waals surface area contributed by atoms with Crippen LogP contribution in [0.25, 0.3) is 0 Å². The number of hydrogen-bond donors (Lipinski definition) is 0. The highest BCUT2D eigenvalue weighted by Gasteiger charge is 2.42. The predicted octanol–water partition coefficient (Wildman–Crippen LogP) is 13.6. The fraction of sp³-hybridized carbons (Fsp3) is 0.362. The van der Waals surface area contributed by atoms with Crippen LogP contribution in [0.5, 0.6) is 0 Å². The van der Waals surface area contributed by atoms with Crippen LogP contribution < -0.4 is 9.80 Å². The van der Waals surface area contributed by atoms with Crippen molar-refractivity contribution < 1.29 is 55.2 Å². The number of nitrogens with zero attached hydrogens (tertiary/aromatic N) is 4. The number of hydrogen-bond acceptors (Lipinski definition) is 12. The second-order valence-corrected chi connectivity index (χ2v) is 27.0. The number of rotatable bonds is 30. The average Bonchev–Trinajstić information content (AvgIpc) is 1.89. The van der Waals surface area contributed by atoms with Crippen LogP contribution in [0.1, 0.15) is 236 Å². The molecule has 0 radical (unpaired) electrons. The SMILES string of the molecule is CCCCCCCCCCCCN1C(=O)c2ccc(S(=O)(=O)c3ccc4c(c3)C(=O)N(c3ccc(Cc5ccc(N6C(=O)c7ccc(S(=O)(=O)c8ccc9c(c8)C(=O)N(CCCCCCCCCCCC)C9=O)cc7C6=O)cc5)cc3)C4=O)cc2C1=O. The van der Waals surface area contributed by atoms with Crippen LogP contribution in [0.2, 0.25) is 0 Å². The summed E-state index contributed by atoms with van der Waals surface area (Å²) in [6.07, 6.45) is 22.3. The van der Waals surface area contributed by atoms with Crippen molar-refractivity contribution >= 4 is 78.3 Å². The molecule has 0 aromatic heterocycles. The van der Waals surface area contributed by atoms with Crippen LogP contribution in [0.4, 0.5) is 11.4 Å². The minimum absolute atomic E-state index is 0.00143. The first-order valence-electron chi connectivity index (χ1n) is 30.7. The summed E-state index contributed by atoms with van der Waals surface area (Å²) in [5.41, 5.74) is 2.11. The molecule has 16 nitrogen and oxygen atoms in total. The molecule has 4 aliphatic rings. The summed E-state index contributed by atoms with van der Waals surface area (Å²) in [4.78, 5) is 112. The zero-order valence-corrected chi connectivity index (χ0v) is 50.9. The molecule has 4 heterocycles. The summed E-state index contributed by atoms with van der Waals surface area (Å²) in [5.74, 6) is -4.77. The van der Waals surface area contributed by atoms with Crippen molar-refractivity contribution in [1.29, 1.82) is 0 Å². The third kappa shape index (κ3) is 12.7. The van der Waals surface area contributed by atoms with Gasteiger partial charge in [-0.3, -0.25) is 48.2 Å². The van der Waals surface area contributed by atoms with Crippen molar-refractivity contribution in [3.63, 3.8) is 0 Å². The highest BCUT2D eigenvalue weighted by atomic mass is 32.2. The Hall–Kier alpha value is -8.22. The van der Waals surface area contributed by atoms with Gasteiger partial charge < -0.3 is 0 Å². The molecular formula is C69H72N4O12S2. The molecule has 18 heteroatoms. The summed E-state index contributed by atoms with van der Waals surface area (Å²) >= 11 is 0. The van der Waals surface area contributed by atoms with Gasteiger partial charge in [0.2, 0.25) is 19.7 Å². The number of imide groups is 4. The van der Waals surface area contributed by atoms with Gasteiger partial charge in [-0.15, -0.1) is 0 Å². The maximum atomic E-state index is 14.1. The van der Waals surface area contributed by atoms with Gasteiger partial charge in [0.25, 0.3) is 47.3 Å². The standard InChI is InChI=1S/C69H72N4O12S2/c1-3-5-7-9-11-13-15-17-19-21-39-70-62(74)54-35-31-50(42-58(54)64(70)76)86(82,83)52-33-37-56-60(44-52)68(80)72(66(56)78)48-27-23-46(24-28-48)41-47-25-29-49(30-26-47)73-67(79)57-38-34-53(45-61(57)69(73)81)87(84,85)51-32-36-55-59(43-51)65(77)71(63(55)75)40-22-20-18-16-14-12-10-8-6-4-2/h23-38,42-45H,3-22,39-41H2,1-2H3. The lowest BCUT2D eigenvalue weighted by molar-refractivity contribution is 0.0636. The third-order valence-electron chi connectivity index (χ3n) is 17.1. The first kappa shape index (κ1) is 61.9. The molecule has 6 aromatic carbocycles. The number of anilines is 2. The van der Waals surface area contributed by atoms with Gasteiger partial charge in [0, 0.05) is 13.1 Å². The number of carbonyl (C=O) groups excluding carboxylic acids is 8. The van der Waals surface area contributed by atoms with E-state index in [0.29, 0.717) is 19.3 Å². The molecule has 0 spiro atoms. The number of benzene rings is 6. The molecule has 0 saturated heterocycles. The molecule has 0 aliphatic carbocycles. The van der Waals surface area contributed by atoms with E-state index in [-0.39, 0.29) is 88.6 Å². The molecule has 0 saturated carbocycles. The molecular weight excluding hydrogens is 1140 g/mol. The zero-order valence-electron chi connectivity index (χ0n) is 49.3. The lowest BCUT2D eigenvalue weighted by Crippen LogP contribution is -2.30. The topological polar surface area (TPSA) is 218 Å². The molecule has 0 fully saturated rings. The Labute approximate surface area is 508 Å². The molecule has 452 valence electrons. The Bertz CT molecular complexity index is 3700. The van der Waals surface area contributed by atoms with E-state index in [2.05, 4.69) is 13.8 Å². The molecule has 8 amide bonds. The maximum Gasteiger partial charge on any atom is 0.266 e. The molecule has 0 atom stereocenters. The Kier molecular flexibility index (Phi) is 19.1. The summed E-state index contributed by atoms with van der Waals surface area (Å²) in [6, 6.07) is 28.3. The normalized spacial score (nSPS) is 14.7. The Balaban J connectivity index is 0.730. The van der Waals surface area contributed by atoms with Crippen LogP contribution in [0.3, 0.4) is 0 Å². The largest absolute Gasteiger partial charge is 0.274 e. The van der Waals surface area contributed by atoms with E-state index in [9.17, 15) is 55.2 Å². The fourth-order valence-electron chi connectivity index (χ4n) is 12.1. The Morgan fingerprint density at radius 3 is 0.816 bits per heavy atom. The van der Waals surface area contributed by atoms with Crippen molar-refractivity contribution in [3.05, 3.63) is 177 Å². The van der Waals surface area contributed by atoms with E-state index in [1.165, 1.54) is 135 Å². The van der Waals surface area contributed by atoms with Crippen molar-refractivity contribution in [2.75, 3.05) is 22.9 Å². The second-order valence-electron chi connectivity index (χ2n) is 23.1. The number of carbonyl (C=O) groups is 8. The van der Waals surface area contributed by atoms with E-state index in [4.69, 9.17) is 0 Å². The van der Waals surface area contributed by atoms with Crippen LogP contribution in [0.15, 0.2) is 141 Å². The Morgan fingerprint density at radius 1 is 0.276 bits per heavy atom. The highest BCUT2D eigenvalue weighted by Crippen LogP contribution is 2.37. The van der Waals surface area contributed by atoms with Gasteiger partial charge >= 0.3 is 0 Å². The van der Waals surface area contributed by atoms with Crippen LogP contribution in [-0.4, -0.2) is 87.0 Å². The summed E-state index contributed by atoms with van der Waals surface area (Å²) in [7, 11) is -8.65. The van der Waals surface area contributed by atoms with Crippen molar-refractivity contribution in [1.82, 2.24) is 9.80 Å². The molecule has 6 aromatic rings. The monoisotopic (exact) mass is 1210 g/mol. The zero-order chi connectivity index (χ0) is 61.6. The highest BCUT2D eigenvalue weighted by molar-refractivity contribution is 7.91. The second kappa shape index (κ2) is 26.8. The number of amides is 8. The van der Waals surface area contributed by atoms with Gasteiger partial charge in [-0.1, -0.05) is 154 Å². The summed E-state index contributed by atoms with van der Waals surface area (Å²) in [6.45, 7) is 4.87. The van der Waals surface area contributed by atoms with E-state index >= 15 is 0 Å². The lowest BCUT2D eigenvalue weighted by Gasteiger charge is -2.15. The lowest BCUT2D eigenvalue weighted by atomic mass is 10.0. The van der Waals surface area contributed by atoms with Crippen LogP contribution in [0, 0.1) is 0 Å². The summed E-state index contributed by atoms with van der Waals surface area (Å²) < 4.78 is 56.2. The van der Waals surface area contributed by atoms with Gasteiger partial charge in [0.15, 0.2) is 0 Å². The van der Waals surface area contributed by atoms with E-state index < -0.39 is 66.9 Å². The van der Waals surface area contributed by atoms with Crippen molar-refractivity contribution in [2.24, 2.45) is 0 Å².